The second kappa shape index (κ2) is 3.40. The van der Waals surface area contributed by atoms with Crippen molar-refractivity contribution in [3.63, 3.8) is 0 Å². The fourth-order valence-corrected chi connectivity index (χ4v) is 3.32. The Kier molecular flexibility index (Phi) is 2.04. The first-order valence-electron chi connectivity index (χ1n) is 4.59. The van der Waals surface area contributed by atoms with Crippen molar-refractivity contribution < 1.29 is 0 Å². The maximum atomic E-state index is 4.56. The SMILES string of the molecule is Cc1csc(-c2nc3cnccc3s2)c1. The molecule has 0 radical (unpaired) electrons. The lowest BCUT2D eigenvalue weighted by Crippen LogP contribution is -1.71. The number of aryl methyl sites for hydroxylation is 1. The lowest BCUT2D eigenvalue weighted by Gasteiger charge is -1.84. The predicted octanol–water partition coefficient (Wildman–Crippen LogP) is 3.73. The van der Waals surface area contributed by atoms with Gasteiger partial charge in [0.25, 0.3) is 0 Å². The van der Waals surface area contributed by atoms with Crippen molar-refractivity contribution in [1.29, 1.82) is 0 Å². The smallest absolute Gasteiger partial charge is 0.134 e. The zero-order valence-electron chi connectivity index (χ0n) is 8.10. The van der Waals surface area contributed by atoms with Gasteiger partial charge in [-0.05, 0) is 30.0 Å². The van der Waals surface area contributed by atoms with Gasteiger partial charge in [0.05, 0.1) is 15.8 Å². The molecule has 0 unspecified atom stereocenters. The second-order valence-electron chi connectivity index (χ2n) is 3.35. The number of rotatable bonds is 1. The van der Waals surface area contributed by atoms with E-state index in [1.807, 2.05) is 18.5 Å². The van der Waals surface area contributed by atoms with E-state index in [-0.39, 0.29) is 0 Å². The summed E-state index contributed by atoms with van der Waals surface area (Å²) in [5.74, 6) is 0. The summed E-state index contributed by atoms with van der Waals surface area (Å²) in [7, 11) is 0. The Labute approximate surface area is 95.3 Å². The van der Waals surface area contributed by atoms with Crippen LogP contribution in [0.2, 0.25) is 0 Å². The van der Waals surface area contributed by atoms with Gasteiger partial charge in [-0.15, -0.1) is 22.7 Å². The van der Waals surface area contributed by atoms with Gasteiger partial charge in [0, 0.05) is 6.20 Å². The number of thiophene rings is 1. The molecule has 3 aromatic heterocycles. The number of pyridine rings is 1. The summed E-state index contributed by atoms with van der Waals surface area (Å²) in [5, 5.41) is 3.25. The largest absolute Gasteiger partial charge is 0.262 e. The van der Waals surface area contributed by atoms with Crippen LogP contribution in [-0.4, -0.2) is 9.97 Å². The third-order valence-corrected chi connectivity index (χ3v) is 4.38. The van der Waals surface area contributed by atoms with Gasteiger partial charge in [0.1, 0.15) is 10.5 Å². The van der Waals surface area contributed by atoms with E-state index in [1.165, 1.54) is 15.1 Å². The van der Waals surface area contributed by atoms with E-state index in [0.29, 0.717) is 0 Å². The van der Waals surface area contributed by atoms with Gasteiger partial charge in [0.2, 0.25) is 0 Å². The molecule has 74 valence electrons. The average molecular weight is 232 g/mol. The first kappa shape index (κ1) is 9.00. The Morgan fingerprint density at radius 1 is 1.33 bits per heavy atom. The van der Waals surface area contributed by atoms with Crippen molar-refractivity contribution in [1.82, 2.24) is 9.97 Å². The quantitative estimate of drug-likeness (QED) is 0.639. The molecule has 3 rings (SSSR count). The van der Waals surface area contributed by atoms with Crippen LogP contribution in [0.3, 0.4) is 0 Å². The van der Waals surface area contributed by atoms with Gasteiger partial charge >= 0.3 is 0 Å². The Bertz CT molecular complexity index is 577. The molecule has 0 atom stereocenters. The molecule has 0 N–H and O–H groups in total. The van der Waals surface area contributed by atoms with E-state index in [2.05, 4.69) is 28.3 Å². The van der Waals surface area contributed by atoms with E-state index in [0.717, 1.165) is 10.5 Å². The zero-order chi connectivity index (χ0) is 10.3. The van der Waals surface area contributed by atoms with Crippen LogP contribution in [0.5, 0.6) is 0 Å². The molecule has 0 saturated carbocycles. The fraction of sp³-hybridized carbons (Fsp3) is 0.0909. The third-order valence-electron chi connectivity index (χ3n) is 2.13. The average Bonchev–Trinajstić information content (AvgIpc) is 2.82. The Balaban J connectivity index is 2.19. The normalized spacial score (nSPS) is 11.0. The van der Waals surface area contributed by atoms with E-state index in [1.54, 1.807) is 22.7 Å². The van der Waals surface area contributed by atoms with Gasteiger partial charge in [-0.1, -0.05) is 0 Å². The molecule has 3 aromatic rings. The van der Waals surface area contributed by atoms with Crippen LogP contribution in [0.15, 0.2) is 29.9 Å². The molecule has 0 spiro atoms. The molecule has 15 heavy (non-hydrogen) atoms. The van der Waals surface area contributed by atoms with Crippen molar-refractivity contribution in [3.05, 3.63) is 35.5 Å². The minimum atomic E-state index is 0.989. The number of hydrogen-bond acceptors (Lipinski definition) is 4. The Morgan fingerprint density at radius 2 is 2.27 bits per heavy atom. The summed E-state index contributed by atoms with van der Waals surface area (Å²) in [6, 6.07) is 4.19. The summed E-state index contributed by atoms with van der Waals surface area (Å²) in [6.45, 7) is 2.11. The van der Waals surface area contributed by atoms with Crippen molar-refractivity contribution in [2.45, 2.75) is 6.92 Å². The van der Waals surface area contributed by atoms with E-state index in [4.69, 9.17) is 0 Å². The summed E-state index contributed by atoms with van der Waals surface area (Å²) in [6.07, 6.45) is 3.62. The molecule has 0 saturated heterocycles. The molecule has 0 bridgehead atoms. The number of aromatic nitrogens is 2. The van der Waals surface area contributed by atoms with Crippen molar-refractivity contribution in [2.75, 3.05) is 0 Å². The second-order valence-corrected chi connectivity index (χ2v) is 5.29. The van der Waals surface area contributed by atoms with E-state index >= 15 is 0 Å². The molecule has 0 aliphatic rings. The molecule has 0 aliphatic carbocycles. The summed E-state index contributed by atoms with van der Waals surface area (Å²) in [5.41, 5.74) is 2.29. The fourth-order valence-electron chi connectivity index (χ4n) is 1.43. The van der Waals surface area contributed by atoms with Crippen LogP contribution in [0.1, 0.15) is 5.56 Å². The highest BCUT2D eigenvalue weighted by molar-refractivity contribution is 7.25. The van der Waals surface area contributed by atoms with Gasteiger partial charge in [0.15, 0.2) is 0 Å². The molecular weight excluding hydrogens is 224 g/mol. The van der Waals surface area contributed by atoms with Crippen LogP contribution in [-0.2, 0) is 0 Å². The van der Waals surface area contributed by atoms with Crippen LogP contribution in [0.25, 0.3) is 20.1 Å². The number of hydrogen-bond donors (Lipinski definition) is 0. The summed E-state index contributed by atoms with van der Waals surface area (Å²) >= 11 is 3.47. The molecule has 4 heteroatoms. The van der Waals surface area contributed by atoms with Gasteiger partial charge in [-0.25, -0.2) is 4.98 Å². The number of thiazole rings is 1. The maximum Gasteiger partial charge on any atom is 0.134 e. The first-order chi connectivity index (χ1) is 7.33. The first-order valence-corrected chi connectivity index (χ1v) is 6.28. The molecule has 0 aromatic carbocycles. The van der Waals surface area contributed by atoms with Crippen molar-refractivity contribution >= 4 is 32.9 Å². The monoisotopic (exact) mass is 232 g/mol. The number of nitrogens with zero attached hydrogens (tertiary/aromatic N) is 2. The standard InChI is InChI=1S/C11H8N2S2/c1-7-4-10(14-6-7)11-13-8-5-12-3-2-9(8)15-11/h2-6H,1H3. The Hall–Kier alpha value is -1.26. The van der Waals surface area contributed by atoms with Gasteiger partial charge < -0.3 is 0 Å². The van der Waals surface area contributed by atoms with Gasteiger partial charge in [-0.3, -0.25) is 4.98 Å². The molecule has 2 nitrogen and oxygen atoms in total. The topological polar surface area (TPSA) is 25.8 Å². The zero-order valence-corrected chi connectivity index (χ0v) is 9.73. The lowest BCUT2D eigenvalue weighted by atomic mass is 10.3. The highest BCUT2D eigenvalue weighted by atomic mass is 32.1. The predicted molar refractivity (Wildman–Crippen MR) is 65.5 cm³/mol. The summed E-state index contributed by atoms with van der Waals surface area (Å²) in [4.78, 5) is 9.88. The summed E-state index contributed by atoms with van der Waals surface area (Å²) < 4.78 is 1.20. The minimum absolute atomic E-state index is 0.989. The van der Waals surface area contributed by atoms with Crippen LogP contribution in [0, 0.1) is 6.92 Å². The highest BCUT2D eigenvalue weighted by Crippen LogP contribution is 2.33. The van der Waals surface area contributed by atoms with Crippen LogP contribution >= 0.6 is 22.7 Å². The van der Waals surface area contributed by atoms with Crippen LogP contribution in [0.4, 0.5) is 0 Å². The minimum Gasteiger partial charge on any atom is -0.262 e. The van der Waals surface area contributed by atoms with Gasteiger partial charge in [-0.2, -0.15) is 0 Å². The maximum absolute atomic E-state index is 4.56. The number of fused-ring (bicyclic) bond motifs is 1. The molecule has 3 heterocycles. The van der Waals surface area contributed by atoms with E-state index < -0.39 is 0 Å². The van der Waals surface area contributed by atoms with E-state index in [9.17, 15) is 0 Å². The highest BCUT2D eigenvalue weighted by Gasteiger charge is 2.07. The lowest BCUT2D eigenvalue weighted by molar-refractivity contribution is 1.34. The van der Waals surface area contributed by atoms with Crippen LogP contribution < -0.4 is 0 Å². The Morgan fingerprint density at radius 3 is 3.00 bits per heavy atom. The molecule has 0 fully saturated rings. The van der Waals surface area contributed by atoms with Crippen molar-refractivity contribution in [3.8, 4) is 9.88 Å². The third kappa shape index (κ3) is 1.56. The molecule has 0 aliphatic heterocycles. The van der Waals surface area contributed by atoms with Crippen molar-refractivity contribution in [2.24, 2.45) is 0 Å². The molecule has 0 amide bonds. The molecular formula is C11H8N2S2.